The number of carbonyl (C=O) groups is 2. The molecule has 0 bridgehead atoms. The third kappa shape index (κ3) is 5.16. The molecule has 1 aliphatic rings. The highest BCUT2D eigenvalue weighted by atomic mass is 16.5. The molecule has 38 heavy (non-hydrogen) atoms. The van der Waals surface area contributed by atoms with Gasteiger partial charge >= 0.3 is 0 Å². The zero-order valence-electron chi connectivity index (χ0n) is 22.2. The van der Waals surface area contributed by atoms with E-state index in [2.05, 4.69) is 0 Å². The highest BCUT2D eigenvalue weighted by molar-refractivity contribution is 6.46. The van der Waals surface area contributed by atoms with E-state index in [1.54, 1.807) is 25.3 Å². The molecule has 3 aromatic carbocycles. The highest BCUT2D eigenvalue weighted by Gasteiger charge is 2.46. The van der Waals surface area contributed by atoms with Crippen molar-refractivity contribution in [2.75, 3.05) is 46.9 Å². The van der Waals surface area contributed by atoms with Gasteiger partial charge in [-0.15, -0.1) is 0 Å². The summed E-state index contributed by atoms with van der Waals surface area (Å²) in [5.41, 5.74) is 2.96. The van der Waals surface area contributed by atoms with Gasteiger partial charge < -0.3 is 29.1 Å². The third-order valence-corrected chi connectivity index (χ3v) is 6.73. The molecular weight excluding hydrogens is 484 g/mol. The van der Waals surface area contributed by atoms with Crippen LogP contribution in [0.15, 0.2) is 72.3 Å². The fourth-order valence-corrected chi connectivity index (χ4v) is 4.60. The summed E-state index contributed by atoms with van der Waals surface area (Å²) in [4.78, 5) is 30.3. The van der Waals surface area contributed by atoms with Gasteiger partial charge in [-0.3, -0.25) is 9.59 Å². The lowest BCUT2D eigenvalue weighted by atomic mass is 9.94. The van der Waals surface area contributed by atoms with Crippen LogP contribution in [0.4, 0.5) is 5.69 Å². The molecule has 1 fully saturated rings. The second kappa shape index (κ2) is 11.3. The quantitative estimate of drug-likeness (QED) is 0.256. The summed E-state index contributed by atoms with van der Waals surface area (Å²) in [6.45, 7) is 0.281. The van der Waals surface area contributed by atoms with Crippen LogP contribution in [-0.2, 0) is 16.0 Å². The maximum atomic E-state index is 13.4. The topological polar surface area (TPSA) is 88.5 Å². The van der Waals surface area contributed by atoms with Crippen LogP contribution in [0.1, 0.15) is 22.7 Å². The fourth-order valence-electron chi connectivity index (χ4n) is 4.60. The Morgan fingerprint density at radius 3 is 2.08 bits per heavy atom. The number of hydrogen-bond acceptors (Lipinski definition) is 7. The van der Waals surface area contributed by atoms with Crippen LogP contribution in [0.5, 0.6) is 17.2 Å². The molecule has 1 saturated heterocycles. The van der Waals surface area contributed by atoms with Crippen LogP contribution in [-0.4, -0.2) is 63.7 Å². The van der Waals surface area contributed by atoms with Crippen LogP contribution in [0.3, 0.4) is 0 Å². The Labute approximate surface area is 222 Å². The van der Waals surface area contributed by atoms with Gasteiger partial charge in [0.1, 0.15) is 23.0 Å². The van der Waals surface area contributed by atoms with E-state index in [-0.39, 0.29) is 23.4 Å². The predicted octanol–water partition coefficient (Wildman–Crippen LogP) is 4.44. The third-order valence-electron chi connectivity index (χ3n) is 6.73. The van der Waals surface area contributed by atoms with E-state index < -0.39 is 17.7 Å². The molecule has 1 heterocycles. The number of Topliss-reactive ketones (excluding diaryl/α,β-unsaturated/α-hetero) is 1. The summed E-state index contributed by atoms with van der Waals surface area (Å²) < 4.78 is 16.0. The number of amides is 1. The summed E-state index contributed by atoms with van der Waals surface area (Å²) in [5, 5.41) is 11.5. The molecule has 4 rings (SSSR count). The summed E-state index contributed by atoms with van der Waals surface area (Å²) in [6, 6.07) is 19.3. The Morgan fingerprint density at radius 1 is 0.868 bits per heavy atom. The monoisotopic (exact) mass is 516 g/mol. The molecule has 0 radical (unpaired) electrons. The lowest BCUT2D eigenvalue weighted by Gasteiger charge is -2.26. The smallest absolute Gasteiger partial charge is 0.295 e. The minimum Gasteiger partial charge on any atom is -0.507 e. The largest absolute Gasteiger partial charge is 0.507 e. The van der Waals surface area contributed by atoms with Crippen molar-refractivity contribution in [2.45, 2.75) is 12.5 Å². The Balaban J connectivity index is 1.81. The number of benzene rings is 3. The molecule has 1 aliphatic heterocycles. The van der Waals surface area contributed by atoms with Gasteiger partial charge in [0, 0.05) is 26.3 Å². The van der Waals surface area contributed by atoms with E-state index >= 15 is 0 Å². The van der Waals surface area contributed by atoms with Gasteiger partial charge in [0.2, 0.25) is 0 Å². The molecule has 1 unspecified atom stereocenters. The number of ketones is 1. The number of likely N-dealkylation sites (tertiary alicyclic amines) is 1. The first-order valence-electron chi connectivity index (χ1n) is 12.2. The van der Waals surface area contributed by atoms with Crippen molar-refractivity contribution in [3.05, 3.63) is 89.0 Å². The summed E-state index contributed by atoms with van der Waals surface area (Å²) in [6.07, 6.45) is 0.520. The number of anilines is 1. The van der Waals surface area contributed by atoms with Gasteiger partial charge in [0.25, 0.3) is 11.7 Å². The fraction of sp³-hybridized carbons (Fsp3) is 0.267. The number of rotatable bonds is 9. The number of hydrogen-bond donors (Lipinski definition) is 1. The molecule has 0 saturated carbocycles. The number of nitrogens with zero attached hydrogens (tertiary/aromatic N) is 2. The Morgan fingerprint density at radius 2 is 1.50 bits per heavy atom. The number of ether oxygens (including phenoxy) is 3. The van der Waals surface area contributed by atoms with Gasteiger partial charge in [0.15, 0.2) is 0 Å². The Hall–Kier alpha value is -4.46. The molecule has 0 spiro atoms. The summed E-state index contributed by atoms with van der Waals surface area (Å²) >= 11 is 0. The van der Waals surface area contributed by atoms with Crippen molar-refractivity contribution in [2.24, 2.45) is 0 Å². The second-order valence-electron chi connectivity index (χ2n) is 9.14. The van der Waals surface area contributed by atoms with Crippen molar-refractivity contribution in [1.29, 1.82) is 0 Å². The molecule has 8 nitrogen and oxygen atoms in total. The van der Waals surface area contributed by atoms with Crippen LogP contribution in [0.25, 0.3) is 5.76 Å². The van der Waals surface area contributed by atoms with Crippen LogP contribution in [0.2, 0.25) is 0 Å². The van der Waals surface area contributed by atoms with Crippen molar-refractivity contribution < 1.29 is 28.9 Å². The van der Waals surface area contributed by atoms with E-state index in [0.29, 0.717) is 23.5 Å². The number of aliphatic hydroxyl groups is 1. The lowest BCUT2D eigenvalue weighted by Crippen LogP contribution is -2.31. The first-order valence-corrected chi connectivity index (χ1v) is 12.2. The van der Waals surface area contributed by atoms with Gasteiger partial charge in [-0.1, -0.05) is 24.3 Å². The normalized spacial score (nSPS) is 16.4. The molecule has 1 amide bonds. The summed E-state index contributed by atoms with van der Waals surface area (Å²) in [5.74, 6) is -0.148. The first-order chi connectivity index (χ1) is 18.3. The molecule has 1 atom stereocenters. The second-order valence-corrected chi connectivity index (χ2v) is 9.14. The minimum atomic E-state index is -0.777. The molecular formula is C30H32N2O6. The van der Waals surface area contributed by atoms with E-state index in [9.17, 15) is 14.7 Å². The zero-order chi connectivity index (χ0) is 27.4. The molecule has 3 aromatic rings. The maximum absolute atomic E-state index is 13.4. The minimum absolute atomic E-state index is 0.00823. The number of aliphatic hydroxyl groups excluding tert-OH is 1. The maximum Gasteiger partial charge on any atom is 0.295 e. The summed E-state index contributed by atoms with van der Waals surface area (Å²) in [7, 11) is 8.46. The average molecular weight is 517 g/mol. The molecule has 1 N–H and O–H groups in total. The van der Waals surface area contributed by atoms with E-state index in [1.807, 2.05) is 67.5 Å². The molecule has 198 valence electrons. The van der Waals surface area contributed by atoms with Crippen molar-refractivity contribution in [3.8, 4) is 17.2 Å². The highest BCUT2D eigenvalue weighted by Crippen LogP contribution is 2.42. The van der Waals surface area contributed by atoms with Crippen LogP contribution < -0.4 is 19.1 Å². The predicted molar refractivity (Wildman–Crippen MR) is 146 cm³/mol. The zero-order valence-corrected chi connectivity index (χ0v) is 22.2. The lowest BCUT2D eigenvalue weighted by molar-refractivity contribution is -0.139. The van der Waals surface area contributed by atoms with E-state index in [4.69, 9.17) is 14.2 Å². The van der Waals surface area contributed by atoms with Crippen molar-refractivity contribution in [1.82, 2.24) is 4.90 Å². The van der Waals surface area contributed by atoms with Crippen LogP contribution >= 0.6 is 0 Å². The first kappa shape index (κ1) is 26.6. The Bertz CT molecular complexity index is 1350. The van der Waals surface area contributed by atoms with Gasteiger partial charge in [-0.2, -0.15) is 0 Å². The van der Waals surface area contributed by atoms with E-state index in [1.165, 1.54) is 19.1 Å². The Kier molecular flexibility index (Phi) is 7.90. The van der Waals surface area contributed by atoms with Crippen LogP contribution in [0, 0.1) is 0 Å². The number of carbonyl (C=O) groups excluding carboxylic acids is 2. The van der Waals surface area contributed by atoms with Gasteiger partial charge in [-0.05, 0) is 60.0 Å². The SMILES string of the molecule is COc1ccc(CCN2C(=O)C(=O)/C(=C(/O)c3cc(OC)ccc3OC)C2c2ccc(N(C)C)cc2)cc1. The molecule has 0 aromatic heterocycles. The molecule has 0 aliphatic carbocycles. The van der Waals surface area contributed by atoms with E-state index in [0.717, 1.165) is 17.0 Å². The van der Waals surface area contributed by atoms with Crippen molar-refractivity contribution in [3.63, 3.8) is 0 Å². The number of methoxy groups -OCH3 is 3. The molecule has 8 heteroatoms. The van der Waals surface area contributed by atoms with Gasteiger partial charge in [-0.25, -0.2) is 0 Å². The average Bonchev–Trinajstić information content (AvgIpc) is 3.20. The standard InChI is InChI=1S/C30H32N2O6/c1-31(2)21-10-8-20(9-11-21)27-26(28(33)24-18-23(37-4)14-15-25(24)38-5)29(34)30(35)32(27)17-16-19-6-12-22(36-3)13-7-19/h6-15,18,27,33H,16-17H2,1-5H3/b28-26+. The van der Waals surface area contributed by atoms with Gasteiger partial charge in [0.05, 0.1) is 38.5 Å². The van der Waals surface area contributed by atoms with Crippen molar-refractivity contribution >= 4 is 23.1 Å².